The Hall–Kier alpha value is -2.35. The molecule has 0 saturated carbocycles. The second-order valence-electron chi connectivity index (χ2n) is 4.30. The van der Waals surface area contributed by atoms with E-state index in [1.165, 1.54) is 16.7 Å². The molecule has 1 N–H and O–H groups in total. The summed E-state index contributed by atoms with van der Waals surface area (Å²) in [5.41, 5.74) is 4.88. The molecule has 1 heterocycles. The normalized spacial score (nSPS) is 14.3. The molecule has 18 heavy (non-hydrogen) atoms. The van der Waals surface area contributed by atoms with E-state index in [0.29, 0.717) is 0 Å². The highest BCUT2D eigenvalue weighted by Gasteiger charge is 2.01. The Morgan fingerprint density at radius 3 is 2.78 bits per heavy atom. The Labute approximate surface area is 106 Å². The first-order valence-electron chi connectivity index (χ1n) is 6.05. The first kappa shape index (κ1) is 10.8. The van der Waals surface area contributed by atoms with Crippen molar-refractivity contribution in [1.82, 2.24) is 10.2 Å². The predicted molar refractivity (Wildman–Crippen MR) is 75.7 cm³/mol. The SMILES string of the molecule is C1=Cc2ccccc2C=C(/C=C/c2ccn[nH]2)C1. The maximum Gasteiger partial charge on any atom is 0.0577 e. The molecule has 0 radical (unpaired) electrons. The number of aromatic nitrogens is 2. The van der Waals surface area contributed by atoms with Crippen LogP contribution in [0, 0.1) is 0 Å². The molecule has 1 aliphatic rings. The van der Waals surface area contributed by atoms with E-state index in [0.717, 1.165) is 12.1 Å². The summed E-state index contributed by atoms with van der Waals surface area (Å²) in [7, 11) is 0. The number of rotatable bonds is 2. The van der Waals surface area contributed by atoms with Gasteiger partial charge in [0, 0.05) is 6.20 Å². The topological polar surface area (TPSA) is 28.7 Å². The van der Waals surface area contributed by atoms with Gasteiger partial charge in [0.1, 0.15) is 0 Å². The highest BCUT2D eigenvalue weighted by molar-refractivity contribution is 5.71. The maximum absolute atomic E-state index is 3.93. The van der Waals surface area contributed by atoms with Crippen molar-refractivity contribution in [2.24, 2.45) is 0 Å². The van der Waals surface area contributed by atoms with Gasteiger partial charge in [0.25, 0.3) is 0 Å². The summed E-state index contributed by atoms with van der Waals surface area (Å²) in [6.07, 6.45) is 13.5. The van der Waals surface area contributed by atoms with Gasteiger partial charge in [-0.2, -0.15) is 5.10 Å². The van der Waals surface area contributed by atoms with Crippen LogP contribution in [0.3, 0.4) is 0 Å². The minimum atomic E-state index is 0.958. The van der Waals surface area contributed by atoms with E-state index < -0.39 is 0 Å². The highest BCUT2D eigenvalue weighted by atomic mass is 15.1. The lowest BCUT2D eigenvalue weighted by molar-refractivity contribution is 1.08. The molecule has 0 fully saturated rings. The van der Waals surface area contributed by atoms with Crippen LogP contribution in [-0.4, -0.2) is 10.2 Å². The average molecular weight is 234 g/mol. The summed E-state index contributed by atoms with van der Waals surface area (Å²) < 4.78 is 0. The Bertz CT molecular complexity index is 616. The zero-order valence-electron chi connectivity index (χ0n) is 10.0. The lowest BCUT2D eigenvalue weighted by Gasteiger charge is -1.99. The molecule has 2 aromatic rings. The van der Waals surface area contributed by atoms with Crippen molar-refractivity contribution < 1.29 is 0 Å². The molecular formula is C16H14N2. The van der Waals surface area contributed by atoms with Gasteiger partial charge in [-0.05, 0) is 35.3 Å². The first-order chi connectivity index (χ1) is 8.92. The Morgan fingerprint density at radius 1 is 1.06 bits per heavy atom. The second-order valence-corrected chi connectivity index (χ2v) is 4.30. The quantitative estimate of drug-likeness (QED) is 0.838. The summed E-state index contributed by atoms with van der Waals surface area (Å²) in [4.78, 5) is 0. The van der Waals surface area contributed by atoms with Crippen molar-refractivity contribution in [3.05, 3.63) is 71.1 Å². The summed E-state index contributed by atoms with van der Waals surface area (Å²) in [6, 6.07) is 10.4. The van der Waals surface area contributed by atoms with E-state index in [1.807, 2.05) is 6.07 Å². The largest absolute Gasteiger partial charge is 0.278 e. The molecule has 0 saturated heterocycles. The molecule has 88 valence electrons. The van der Waals surface area contributed by atoms with Gasteiger partial charge in [0.05, 0.1) is 5.69 Å². The van der Waals surface area contributed by atoms with Crippen LogP contribution < -0.4 is 0 Å². The molecule has 1 aromatic heterocycles. The van der Waals surface area contributed by atoms with Crippen LogP contribution in [0.2, 0.25) is 0 Å². The van der Waals surface area contributed by atoms with E-state index in [2.05, 4.69) is 64.8 Å². The number of hydrogen-bond acceptors (Lipinski definition) is 1. The Balaban J connectivity index is 1.90. The molecule has 2 heteroatoms. The fraction of sp³-hybridized carbons (Fsp3) is 0.0625. The molecule has 0 atom stereocenters. The van der Waals surface area contributed by atoms with Gasteiger partial charge >= 0.3 is 0 Å². The summed E-state index contributed by atoms with van der Waals surface area (Å²) in [5.74, 6) is 0. The molecule has 0 aliphatic heterocycles. The monoisotopic (exact) mass is 234 g/mol. The van der Waals surface area contributed by atoms with E-state index in [4.69, 9.17) is 0 Å². The minimum absolute atomic E-state index is 0.958. The number of H-pyrrole nitrogens is 1. The van der Waals surface area contributed by atoms with Crippen LogP contribution in [0.4, 0.5) is 0 Å². The fourth-order valence-electron chi connectivity index (χ4n) is 2.05. The van der Waals surface area contributed by atoms with Crippen molar-refractivity contribution in [1.29, 1.82) is 0 Å². The van der Waals surface area contributed by atoms with Crippen LogP contribution in [0.1, 0.15) is 23.2 Å². The van der Waals surface area contributed by atoms with E-state index >= 15 is 0 Å². The molecule has 0 unspecified atom stereocenters. The van der Waals surface area contributed by atoms with Crippen LogP contribution >= 0.6 is 0 Å². The standard InChI is InChI=1S/C16H14N2/c1-2-6-15-12-13(4-3-7-14(15)5-1)8-9-16-10-11-17-18-16/h1-3,5-12H,4H2,(H,17,18)/b9-8+. The second kappa shape index (κ2) is 4.88. The molecular weight excluding hydrogens is 220 g/mol. The smallest absolute Gasteiger partial charge is 0.0577 e. The molecule has 2 nitrogen and oxygen atoms in total. The lowest BCUT2D eigenvalue weighted by Crippen LogP contribution is -1.79. The zero-order chi connectivity index (χ0) is 12.2. The molecule has 0 spiro atoms. The van der Waals surface area contributed by atoms with Gasteiger partial charge in [-0.1, -0.05) is 48.6 Å². The van der Waals surface area contributed by atoms with Crippen LogP contribution in [0.25, 0.3) is 18.2 Å². The third kappa shape index (κ3) is 2.33. The van der Waals surface area contributed by atoms with Gasteiger partial charge < -0.3 is 0 Å². The van der Waals surface area contributed by atoms with Crippen molar-refractivity contribution in [2.45, 2.75) is 6.42 Å². The van der Waals surface area contributed by atoms with Crippen molar-refractivity contribution >= 4 is 18.2 Å². The van der Waals surface area contributed by atoms with Gasteiger partial charge in [0.15, 0.2) is 0 Å². The van der Waals surface area contributed by atoms with E-state index in [1.54, 1.807) is 6.20 Å². The first-order valence-corrected chi connectivity index (χ1v) is 6.05. The van der Waals surface area contributed by atoms with Gasteiger partial charge in [-0.15, -0.1) is 0 Å². The maximum atomic E-state index is 3.93. The Morgan fingerprint density at radius 2 is 1.94 bits per heavy atom. The Kier molecular flexibility index (Phi) is 2.92. The molecule has 3 rings (SSSR count). The molecule has 0 bridgehead atoms. The predicted octanol–water partition coefficient (Wildman–Crippen LogP) is 3.92. The van der Waals surface area contributed by atoms with Gasteiger partial charge in [0.2, 0.25) is 0 Å². The van der Waals surface area contributed by atoms with Crippen LogP contribution in [0.15, 0.2) is 54.3 Å². The number of fused-ring (bicyclic) bond motifs is 1. The fourth-order valence-corrected chi connectivity index (χ4v) is 2.05. The van der Waals surface area contributed by atoms with Crippen LogP contribution in [-0.2, 0) is 0 Å². The van der Waals surface area contributed by atoms with Crippen molar-refractivity contribution in [3.8, 4) is 0 Å². The number of benzene rings is 1. The number of allylic oxidation sites excluding steroid dienone is 3. The number of nitrogens with zero attached hydrogens (tertiary/aromatic N) is 1. The molecule has 1 aliphatic carbocycles. The van der Waals surface area contributed by atoms with E-state index in [-0.39, 0.29) is 0 Å². The summed E-state index contributed by atoms with van der Waals surface area (Å²) in [5, 5.41) is 6.86. The molecule has 1 aromatic carbocycles. The van der Waals surface area contributed by atoms with Crippen LogP contribution in [0.5, 0.6) is 0 Å². The minimum Gasteiger partial charge on any atom is -0.278 e. The average Bonchev–Trinajstić information content (AvgIpc) is 2.82. The number of aromatic amines is 1. The van der Waals surface area contributed by atoms with E-state index in [9.17, 15) is 0 Å². The van der Waals surface area contributed by atoms with Crippen molar-refractivity contribution in [2.75, 3.05) is 0 Å². The highest BCUT2D eigenvalue weighted by Crippen LogP contribution is 2.22. The summed E-state index contributed by atoms with van der Waals surface area (Å²) in [6.45, 7) is 0. The summed E-state index contributed by atoms with van der Waals surface area (Å²) >= 11 is 0. The third-order valence-corrected chi connectivity index (χ3v) is 2.99. The van der Waals surface area contributed by atoms with Crippen molar-refractivity contribution in [3.63, 3.8) is 0 Å². The van der Waals surface area contributed by atoms with Gasteiger partial charge in [-0.3, -0.25) is 5.10 Å². The molecule has 0 amide bonds. The lowest BCUT2D eigenvalue weighted by atomic mass is 10.1. The third-order valence-electron chi connectivity index (χ3n) is 2.99. The number of nitrogens with one attached hydrogen (secondary N) is 1. The van der Waals surface area contributed by atoms with Gasteiger partial charge in [-0.25, -0.2) is 0 Å². The zero-order valence-corrected chi connectivity index (χ0v) is 10.0. The number of hydrogen-bond donors (Lipinski definition) is 1.